The van der Waals surface area contributed by atoms with Gasteiger partial charge in [0.1, 0.15) is 0 Å². The summed E-state index contributed by atoms with van der Waals surface area (Å²) in [5, 5.41) is 4.58. The first-order chi connectivity index (χ1) is 8.74. The Morgan fingerprint density at radius 1 is 1.39 bits per heavy atom. The fourth-order valence-corrected chi connectivity index (χ4v) is 4.20. The highest BCUT2D eigenvalue weighted by atomic mass is 79.9. The molecule has 0 saturated heterocycles. The van der Waals surface area contributed by atoms with Gasteiger partial charge in [0.25, 0.3) is 0 Å². The summed E-state index contributed by atoms with van der Waals surface area (Å²) in [5.41, 5.74) is 2.40. The summed E-state index contributed by atoms with van der Waals surface area (Å²) in [6, 6.07) is 6.82. The van der Waals surface area contributed by atoms with Crippen LogP contribution in [-0.2, 0) is 0 Å². The van der Waals surface area contributed by atoms with Gasteiger partial charge in [-0.1, -0.05) is 40.2 Å². The van der Waals surface area contributed by atoms with Gasteiger partial charge in [0.15, 0.2) is 5.17 Å². The number of hydrogen-bond donors (Lipinski definition) is 1. The van der Waals surface area contributed by atoms with Crippen LogP contribution in [0.1, 0.15) is 24.8 Å². The highest BCUT2D eigenvalue weighted by molar-refractivity contribution is 9.10. The zero-order valence-electron chi connectivity index (χ0n) is 10.4. The number of aliphatic imine (C=N–C) groups is 1. The molecule has 0 bridgehead atoms. The van der Waals surface area contributed by atoms with E-state index in [9.17, 15) is 0 Å². The van der Waals surface area contributed by atoms with Crippen molar-refractivity contribution in [3.05, 3.63) is 28.2 Å². The molecule has 2 atom stereocenters. The van der Waals surface area contributed by atoms with Gasteiger partial charge >= 0.3 is 0 Å². The van der Waals surface area contributed by atoms with E-state index >= 15 is 0 Å². The molecule has 1 aliphatic carbocycles. The normalized spacial score (nSPS) is 26.7. The van der Waals surface area contributed by atoms with E-state index in [1.54, 1.807) is 0 Å². The van der Waals surface area contributed by atoms with Crippen LogP contribution in [0, 0.1) is 12.8 Å². The Labute approximate surface area is 121 Å². The van der Waals surface area contributed by atoms with Crippen molar-refractivity contribution in [1.29, 1.82) is 0 Å². The van der Waals surface area contributed by atoms with Crippen molar-refractivity contribution in [3.63, 3.8) is 0 Å². The second-order valence-electron chi connectivity index (χ2n) is 5.04. The fraction of sp³-hybridized carbons (Fsp3) is 0.500. The van der Waals surface area contributed by atoms with Crippen LogP contribution in [0.4, 0.5) is 5.69 Å². The lowest BCUT2D eigenvalue weighted by atomic mass is 10.1. The van der Waals surface area contributed by atoms with Crippen LogP contribution in [0.2, 0.25) is 0 Å². The van der Waals surface area contributed by atoms with Crippen molar-refractivity contribution < 1.29 is 0 Å². The molecule has 18 heavy (non-hydrogen) atoms. The topological polar surface area (TPSA) is 24.4 Å². The van der Waals surface area contributed by atoms with Crippen molar-refractivity contribution in [1.82, 2.24) is 0 Å². The monoisotopic (exact) mass is 324 g/mol. The van der Waals surface area contributed by atoms with Crippen molar-refractivity contribution in [2.45, 2.75) is 32.2 Å². The Kier molecular flexibility index (Phi) is 3.66. The number of amidine groups is 1. The molecule has 0 spiro atoms. The number of fused-ring (bicyclic) bond motifs is 1. The van der Waals surface area contributed by atoms with Crippen molar-refractivity contribution in [2.24, 2.45) is 10.9 Å². The summed E-state index contributed by atoms with van der Waals surface area (Å²) in [6.07, 6.45) is 3.99. The molecule has 2 unspecified atom stereocenters. The van der Waals surface area contributed by atoms with E-state index in [1.807, 2.05) is 11.8 Å². The van der Waals surface area contributed by atoms with Crippen LogP contribution < -0.4 is 5.32 Å². The molecule has 1 aromatic carbocycles. The lowest BCUT2D eigenvalue weighted by Gasteiger charge is -2.24. The van der Waals surface area contributed by atoms with Gasteiger partial charge in [-0.25, -0.2) is 0 Å². The van der Waals surface area contributed by atoms with Gasteiger partial charge in [-0.2, -0.15) is 0 Å². The third-order valence-electron chi connectivity index (χ3n) is 3.85. The lowest BCUT2D eigenvalue weighted by Crippen LogP contribution is -2.25. The molecule has 0 aromatic heterocycles. The van der Waals surface area contributed by atoms with Crippen LogP contribution in [0.15, 0.2) is 27.7 Å². The molecule has 96 valence electrons. The number of benzene rings is 1. The van der Waals surface area contributed by atoms with Crippen LogP contribution in [0.3, 0.4) is 0 Å². The second kappa shape index (κ2) is 5.25. The Bertz CT molecular complexity index is 487. The van der Waals surface area contributed by atoms with Gasteiger partial charge in [-0.3, -0.25) is 4.99 Å². The summed E-state index contributed by atoms with van der Waals surface area (Å²) in [7, 11) is 0. The van der Waals surface area contributed by atoms with Gasteiger partial charge < -0.3 is 5.32 Å². The standard InChI is InChI=1S/C14H17BrN2S/c1-9-11(15)5-3-6-12(9)16-14-17-13-7-2-4-10(13)8-18-14/h3,5-6,10,13H,2,4,7-8H2,1H3,(H,16,17). The summed E-state index contributed by atoms with van der Waals surface area (Å²) in [5.74, 6) is 2.05. The maximum atomic E-state index is 4.86. The molecule has 1 fully saturated rings. The third-order valence-corrected chi connectivity index (χ3v) is 5.78. The highest BCUT2D eigenvalue weighted by Gasteiger charge is 2.31. The average Bonchev–Trinajstić information content (AvgIpc) is 2.82. The zero-order valence-corrected chi connectivity index (χ0v) is 12.9. The quantitative estimate of drug-likeness (QED) is 0.825. The van der Waals surface area contributed by atoms with E-state index in [0.29, 0.717) is 6.04 Å². The Morgan fingerprint density at radius 2 is 2.28 bits per heavy atom. The molecule has 3 rings (SSSR count). The predicted octanol–water partition coefficient (Wildman–Crippen LogP) is 4.44. The third kappa shape index (κ3) is 2.45. The number of nitrogens with one attached hydrogen (secondary N) is 1. The first-order valence-corrected chi connectivity index (χ1v) is 8.24. The highest BCUT2D eigenvalue weighted by Crippen LogP contribution is 2.36. The molecule has 1 heterocycles. The number of halogens is 1. The van der Waals surface area contributed by atoms with Crippen LogP contribution >= 0.6 is 27.7 Å². The predicted molar refractivity (Wildman–Crippen MR) is 83.5 cm³/mol. The molecule has 1 N–H and O–H groups in total. The Hall–Kier alpha value is -0.480. The van der Waals surface area contributed by atoms with Gasteiger partial charge in [0.2, 0.25) is 0 Å². The van der Waals surface area contributed by atoms with Gasteiger partial charge in [-0.15, -0.1) is 0 Å². The largest absolute Gasteiger partial charge is 0.335 e. The summed E-state index contributed by atoms with van der Waals surface area (Å²) in [4.78, 5) is 4.86. The second-order valence-corrected chi connectivity index (χ2v) is 6.90. The van der Waals surface area contributed by atoms with Gasteiger partial charge in [-0.05, 0) is 43.4 Å². The lowest BCUT2D eigenvalue weighted by molar-refractivity contribution is 0.535. The SMILES string of the molecule is Cc1c(Br)cccc1NC1=NC2CCCC2CS1. The molecule has 0 radical (unpaired) electrons. The van der Waals surface area contributed by atoms with Crippen LogP contribution in [-0.4, -0.2) is 17.0 Å². The maximum Gasteiger partial charge on any atom is 0.161 e. The zero-order chi connectivity index (χ0) is 12.5. The summed E-state index contributed by atoms with van der Waals surface area (Å²) >= 11 is 5.44. The first-order valence-electron chi connectivity index (χ1n) is 6.47. The summed E-state index contributed by atoms with van der Waals surface area (Å²) < 4.78 is 1.15. The molecule has 4 heteroatoms. The number of thioether (sulfide) groups is 1. The molecular weight excluding hydrogens is 308 g/mol. The fourth-order valence-electron chi connectivity index (χ4n) is 2.68. The van der Waals surface area contributed by atoms with Crippen molar-refractivity contribution >= 4 is 38.5 Å². The van der Waals surface area contributed by atoms with E-state index in [2.05, 4.69) is 46.4 Å². The van der Waals surface area contributed by atoms with Crippen molar-refractivity contribution in [3.8, 4) is 0 Å². The van der Waals surface area contributed by atoms with E-state index in [0.717, 1.165) is 21.2 Å². The molecule has 2 nitrogen and oxygen atoms in total. The number of nitrogens with zero attached hydrogens (tertiary/aromatic N) is 1. The molecule has 2 aliphatic rings. The Balaban J connectivity index is 1.78. The average molecular weight is 325 g/mol. The van der Waals surface area contributed by atoms with Crippen LogP contribution in [0.5, 0.6) is 0 Å². The van der Waals surface area contributed by atoms with E-state index < -0.39 is 0 Å². The van der Waals surface area contributed by atoms with Crippen LogP contribution in [0.25, 0.3) is 0 Å². The smallest absolute Gasteiger partial charge is 0.161 e. The maximum absolute atomic E-state index is 4.86. The molecule has 0 amide bonds. The molecule has 1 saturated carbocycles. The first kappa shape index (κ1) is 12.5. The van der Waals surface area contributed by atoms with E-state index in [-0.39, 0.29) is 0 Å². The minimum Gasteiger partial charge on any atom is -0.335 e. The minimum atomic E-state index is 0.571. The molecule has 1 aliphatic heterocycles. The molecular formula is C14H17BrN2S. The van der Waals surface area contributed by atoms with E-state index in [1.165, 1.54) is 30.6 Å². The Morgan fingerprint density at radius 3 is 3.17 bits per heavy atom. The van der Waals surface area contributed by atoms with E-state index in [4.69, 9.17) is 4.99 Å². The summed E-state index contributed by atoms with van der Waals surface area (Å²) in [6.45, 7) is 2.12. The van der Waals surface area contributed by atoms with Crippen molar-refractivity contribution in [2.75, 3.05) is 11.1 Å². The molecule has 1 aromatic rings. The number of anilines is 1. The number of rotatable bonds is 1. The number of hydrogen-bond acceptors (Lipinski definition) is 3. The van der Waals surface area contributed by atoms with Gasteiger partial charge in [0, 0.05) is 15.9 Å². The van der Waals surface area contributed by atoms with Gasteiger partial charge in [0.05, 0.1) is 6.04 Å². The minimum absolute atomic E-state index is 0.571.